The van der Waals surface area contributed by atoms with Crippen molar-refractivity contribution >= 4 is 27.5 Å². The van der Waals surface area contributed by atoms with E-state index in [1.165, 1.54) is 29.8 Å². The third-order valence-corrected chi connectivity index (χ3v) is 4.95. The third kappa shape index (κ3) is 2.60. The number of halogens is 1. The molecule has 0 aliphatic heterocycles. The Labute approximate surface area is 141 Å². The van der Waals surface area contributed by atoms with Gasteiger partial charge in [0.2, 0.25) is 0 Å². The Kier molecular flexibility index (Phi) is 4.19. The Morgan fingerprint density at radius 1 is 1.38 bits per heavy atom. The molecule has 0 unspecified atom stereocenters. The number of hydrogen-bond donors (Lipinski definition) is 0. The van der Waals surface area contributed by atoms with Gasteiger partial charge in [-0.05, 0) is 31.0 Å². The molecule has 0 aliphatic carbocycles. The van der Waals surface area contributed by atoms with Crippen LogP contribution in [0.4, 0.5) is 4.39 Å². The number of aliphatic carboxylic acids is 1. The molecule has 0 amide bonds. The van der Waals surface area contributed by atoms with E-state index in [2.05, 4.69) is 4.98 Å². The fourth-order valence-corrected chi connectivity index (χ4v) is 3.78. The number of carbonyl (C=O) groups excluding carboxylic acids is 1. The fourth-order valence-electron chi connectivity index (χ4n) is 2.78. The van der Waals surface area contributed by atoms with Crippen LogP contribution in [0.3, 0.4) is 0 Å². The van der Waals surface area contributed by atoms with Gasteiger partial charge in [0.15, 0.2) is 0 Å². The number of benzene rings is 1. The second kappa shape index (κ2) is 6.16. The lowest BCUT2D eigenvalue weighted by Gasteiger charge is -2.18. The Hall–Kier alpha value is -2.54. The van der Waals surface area contributed by atoms with Crippen molar-refractivity contribution in [3.05, 3.63) is 51.6 Å². The largest absolute Gasteiger partial charge is 0.548 e. The molecule has 1 atom stereocenters. The van der Waals surface area contributed by atoms with Crippen molar-refractivity contribution in [2.45, 2.75) is 26.3 Å². The topological polar surface area (TPSA) is 75.0 Å². The zero-order valence-corrected chi connectivity index (χ0v) is 13.9. The highest BCUT2D eigenvalue weighted by Gasteiger charge is 2.20. The molecule has 0 aliphatic rings. The van der Waals surface area contributed by atoms with E-state index in [4.69, 9.17) is 0 Å². The van der Waals surface area contributed by atoms with Crippen molar-refractivity contribution in [3.63, 3.8) is 0 Å². The van der Waals surface area contributed by atoms with Gasteiger partial charge in [-0.2, -0.15) is 0 Å². The molecule has 3 rings (SSSR count). The molecule has 3 aromatic rings. The van der Waals surface area contributed by atoms with Crippen molar-refractivity contribution in [2.75, 3.05) is 0 Å². The maximum absolute atomic E-state index is 13.2. The predicted molar refractivity (Wildman–Crippen MR) is 88.3 cm³/mol. The second-order valence-electron chi connectivity index (χ2n) is 5.42. The molecule has 0 fully saturated rings. The van der Waals surface area contributed by atoms with Crippen molar-refractivity contribution in [3.8, 4) is 11.1 Å². The fraction of sp³-hybridized carbons (Fsp3) is 0.235. The van der Waals surface area contributed by atoms with E-state index in [1.807, 2.05) is 6.92 Å². The van der Waals surface area contributed by atoms with Crippen LogP contribution in [-0.2, 0) is 4.79 Å². The number of carboxylic acids is 1. The Morgan fingerprint density at radius 2 is 2.04 bits per heavy atom. The Bertz CT molecular complexity index is 976. The van der Waals surface area contributed by atoms with Crippen LogP contribution in [0.1, 0.15) is 24.3 Å². The van der Waals surface area contributed by atoms with Crippen molar-refractivity contribution in [1.82, 2.24) is 9.55 Å². The number of aryl methyl sites for hydroxylation is 1. The number of fused-ring (bicyclic) bond motifs is 1. The molecule has 0 N–H and O–H groups in total. The SMILES string of the molecule is CC[C@@H](C(=O)[O-])n1cnc2sc(C)c(-c3ccc(F)cc3)c2c1=O. The quantitative estimate of drug-likeness (QED) is 0.727. The zero-order chi connectivity index (χ0) is 17.4. The maximum atomic E-state index is 13.2. The van der Waals surface area contributed by atoms with E-state index in [-0.39, 0.29) is 12.2 Å². The highest BCUT2D eigenvalue weighted by atomic mass is 32.1. The summed E-state index contributed by atoms with van der Waals surface area (Å²) in [5, 5.41) is 11.6. The molecule has 0 bridgehead atoms. The molecule has 0 saturated heterocycles. The van der Waals surface area contributed by atoms with Crippen LogP contribution in [0, 0.1) is 12.7 Å². The zero-order valence-electron chi connectivity index (χ0n) is 13.1. The van der Waals surface area contributed by atoms with Crippen LogP contribution in [0.5, 0.6) is 0 Å². The molecule has 124 valence electrons. The standard InChI is InChI=1S/C17H15FN2O3S/c1-3-12(17(22)23)20-8-19-15-14(16(20)21)13(9(2)24-15)10-4-6-11(18)7-5-10/h4-8,12H,3H2,1-2H3,(H,22,23)/p-1/t12-/m0/s1. The van der Waals surface area contributed by atoms with Gasteiger partial charge in [-0.1, -0.05) is 19.1 Å². The number of carboxylic acid groups (broad SMARTS) is 1. The van der Waals surface area contributed by atoms with Gasteiger partial charge in [0.05, 0.1) is 23.7 Å². The average Bonchev–Trinajstić information content (AvgIpc) is 2.88. The predicted octanol–water partition coefficient (Wildman–Crippen LogP) is 2.27. The molecule has 0 radical (unpaired) electrons. The van der Waals surface area contributed by atoms with Gasteiger partial charge in [0.25, 0.3) is 5.56 Å². The number of carbonyl (C=O) groups is 1. The molecule has 0 saturated carbocycles. The minimum Gasteiger partial charge on any atom is -0.548 e. The van der Waals surface area contributed by atoms with Crippen LogP contribution >= 0.6 is 11.3 Å². The summed E-state index contributed by atoms with van der Waals surface area (Å²) in [4.78, 5) is 29.8. The van der Waals surface area contributed by atoms with Crippen molar-refractivity contribution in [2.24, 2.45) is 0 Å². The third-order valence-electron chi connectivity index (χ3n) is 3.94. The second-order valence-corrected chi connectivity index (χ2v) is 6.62. The van der Waals surface area contributed by atoms with E-state index in [9.17, 15) is 19.1 Å². The minimum atomic E-state index is -1.32. The number of hydrogen-bond acceptors (Lipinski definition) is 5. The first-order chi connectivity index (χ1) is 11.4. The highest BCUT2D eigenvalue weighted by molar-refractivity contribution is 7.19. The highest BCUT2D eigenvalue weighted by Crippen LogP contribution is 2.35. The first-order valence-electron chi connectivity index (χ1n) is 7.41. The minimum absolute atomic E-state index is 0.213. The molecule has 24 heavy (non-hydrogen) atoms. The van der Waals surface area contributed by atoms with E-state index < -0.39 is 17.6 Å². The van der Waals surface area contributed by atoms with Gasteiger partial charge in [0, 0.05) is 10.4 Å². The lowest BCUT2D eigenvalue weighted by atomic mass is 10.0. The molecule has 5 nitrogen and oxygen atoms in total. The smallest absolute Gasteiger partial charge is 0.263 e. The number of rotatable bonds is 4. The molecular formula is C17H14FN2O3S-. The van der Waals surface area contributed by atoms with Crippen LogP contribution in [0.25, 0.3) is 21.3 Å². The van der Waals surface area contributed by atoms with Crippen LogP contribution in [0.15, 0.2) is 35.4 Å². The summed E-state index contributed by atoms with van der Waals surface area (Å²) in [6.45, 7) is 3.52. The monoisotopic (exact) mass is 345 g/mol. The van der Waals surface area contributed by atoms with Crippen molar-refractivity contribution in [1.29, 1.82) is 0 Å². The molecule has 1 aromatic carbocycles. The summed E-state index contributed by atoms with van der Waals surface area (Å²) < 4.78 is 14.3. The van der Waals surface area contributed by atoms with Crippen molar-refractivity contribution < 1.29 is 14.3 Å². The summed E-state index contributed by atoms with van der Waals surface area (Å²) in [5.74, 6) is -1.69. The summed E-state index contributed by atoms with van der Waals surface area (Å²) in [7, 11) is 0. The van der Waals surface area contributed by atoms with Gasteiger partial charge in [0.1, 0.15) is 10.6 Å². The van der Waals surface area contributed by atoms with Gasteiger partial charge in [-0.3, -0.25) is 9.36 Å². The summed E-state index contributed by atoms with van der Waals surface area (Å²) >= 11 is 1.35. The molecule has 2 aromatic heterocycles. The van der Waals surface area contributed by atoms with Gasteiger partial charge >= 0.3 is 0 Å². The first-order valence-corrected chi connectivity index (χ1v) is 8.22. The van der Waals surface area contributed by atoms with E-state index in [0.29, 0.717) is 21.3 Å². The summed E-state index contributed by atoms with van der Waals surface area (Å²) in [6, 6.07) is 4.76. The lowest BCUT2D eigenvalue weighted by Crippen LogP contribution is -2.37. The van der Waals surface area contributed by atoms with Gasteiger partial charge in [-0.25, -0.2) is 9.37 Å². The number of aromatic nitrogens is 2. The summed E-state index contributed by atoms with van der Waals surface area (Å²) in [5.41, 5.74) is 0.924. The van der Waals surface area contributed by atoms with Gasteiger partial charge < -0.3 is 9.90 Å². The molecule has 0 spiro atoms. The van der Waals surface area contributed by atoms with Crippen LogP contribution in [-0.4, -0.2) is 15.5 Å². The van der Waals surface area contributed by atoms with Gasteiger partial charge in [-0.15, -0.1) is 11.3 Å². The maximum Gasteiger partial charge on any atom is 0.263 e. The van der Waals surface area contributed by atoms with E-state index >= 15 is 0 Å². The van der Waals surface area contributed by atoms with Crippen LogP contribution < -0.4 is 10.7 Å². The van der Waals surface area contributed by atoms with Crippen LogP contribution in [0.2, 0.25) is 0 Å². The first kappa shape index (κ1) is 16.3. The van der Waals surface area contributed by atoms with E-state index in [1.54, 1.807) is 19.1 Å². The normalized spacial score (nSPS) is 12.5. The van der Waals surface area contributed by atoms with E-state index in [0.717, 1.165) is 9.44 Å². The Morgan fingerprint density at radius 3 is 2.62 bits per heavy atom. The molecule has 7 heteroatoms. The number of nitrogens with zero attached hydrogens (tertiary/aromatic N) is 2. The average molecular weight is 345 g/mol. The molecular weight excluding hydrogens is 331 g/mol. The molecule has 2 heterocycles. The summed E-state index contributed by atoms with van der Waals surface area (Å²) in [6.07, 6.45) is 1.46. The number of thiophene rings is 1. The Balaban J connectivity index is 2.31. The lowest BCUT2D eigenvalue weighted by molar-refractivity contribution is -0.310.